The molecular formula is C26H26FN7O3. The van der Waals surface area contributed by atoms with Crippen LogP contribution >= 0.6 is 0 Å². The Bertz CT molecular complexity index is 1280. The van der Waals surface area contributed by atoms with E-state index < -0.39 is 17.8 Å². The summed E-state index contributed by atoms with van der Waals surface area (Å²) in [4.78, 5) is 25.9. The third kappa shape index (κ3) is 6.82. The summed E-state index contributed by atoms with van der Waals surface area (Å²) in [5.74, 6) is 1.04. The molecule has 0 saturated heterocycles. The van der Waals surface area contributed by atoms with Crippen molar-refractivity contribution in [2.75, 3.05) is 35.5 Å². The highest BCUT2D eigenvalue weighted by Gasteiger charge is 2.17. The van der Waals surface area contributed by atoms with Gasteiger partial charge in [-0.3, -0.25) is 4.79 Å². The van der Waals surface area contributed by atoms with Gasteiger partial charge in [-0.05, 0) is 67.6 Å². The first kappa shape index (κ1) is 25.2. The van der Waals surface area contributed by atoms with Gasteiger partial charge in [-0.25, -0.2) is 4.39 Å². The zero-order valence-corrected chi connectivity index (χ0v) is 20.4. The molecule has 0 fully saturated rings. The van der Waals surface area contributed by atoms with E-state index in [-0.39, 0.29) is 23.5 Å². The number of anilines is 6. The van der Waals surface area contributed by atoms with Crippen LogP contribution in [0.4, 0.5) is 39.3 Å². The van der Waals surface area contributed by atoms with Crippen LogP contribution in [-0.4, -0.2) is 41.1 Å². The topological polar surface area (TPSA) is 122 Å². The van der Waals surface area contributed by atoms with Crippen LogP contribution in [-0.2, 0) is 4.79 Å². The second-order valence-electron chi connectivity index (χ2n) is 7.85. The summed E-state index contributed by atoms with van der Waals surface area (Å²) in [6.45, 7) is 1.62. The van der Waals surface area contributed by atoms with Crippen molar-refractivity contribution in [2.45, 2.75) is 13.0 Å². The number of para-hydroxylation sites is 1. The van der Waals surface area contributed by atoms with Gasteiger partial charge in [-0.1, -0.05) is 12.1 Å². The normalized spacial score (nSPS) is 11.2. The number of hydrogen-bond acceptors (Lipinski definition) is 9. The van der Waals surface area contributed by atoms with E-state index >= 15 is 0 Å². The molecular weight excluding hydrogens is 477 g/mol. The zero-order valence-electron chi connectivity index (χ0n) is 20.4. The highest BCUT2D eigenvalue weighted by atomic mass is 19.1. The predicted molar refractivity (Wildman–Crippen MR) is 140 cm³/mol. The van der Waals surface area contributed by atoms with E-state index in [4.69, 9.17) is 9.47 Å². The lowest BCUT2D eigenvalue weighted by atomic mass is 10.2. The maximum absolute atomic E-state index is 14.0. The lowest BCUT2D eigenvalue weighted by molar-refractivity contribution is -0.116. The third-order valence-corrected chi connectivity index (χ3v) is 5.20. The van der Waals surface area contributed by atoms with Gasteiger partial charge in [-0.15, -0.1) is 0 Å². The minimum Gasteiger partial charge on any atom is -0.497 e. The van der Waals surface area contributed by atoms with Crippen molar-refractivity contribution >= 4 is 40.8 Å². The average molecular weight is 504 g/mol. The molecule has 1 aromatic heterocycles. The molecule has 1 atom stereocenters. The Morgan fingerprint density at radius 3 is 1.73 bits per heavy atom. The molecule has 0 bridgehead atoms. The predicted octanol–water partition coefficient (Wildman–Crippen LogP) is 4.95. The molecule has 37 heavy (non-hydrogen) atoms. The molecule has 3 aromatic carbocycles. The van der Waals surface area contributed by atoms with Crippen LogP contribution in [0.15, 0.2) is 72.8 Å². The molecule has 1 heterocycles. The second kappa shape index (κ2) is 11.7. The third-order valence-electron chi connectivity index (χ3n) is 5.20. The van der Waals surface area contributed by atoms with Gasteiger partial charge < -0.3 is 30.7 Å². The van der Waals surface area contributed by atoms with Crippen LogP contribution in [0, 0.1) is 5.82 Å². The molecule has 0 radical (unpaired) electrons. The number of amides is 1. The molecule has 0 aliphatic heterocycles. The van der Waals surface area contributed by atoms with Crippen molar-refractivity contribution in [3.8, 4) is 11.5 Å². The molecule has 0 spiro atoms. The molecule has 4 N–H and O–H groups in total. The van der Waals surface area contributed by atoms with Crippen LogP contribution in [0.5, 0.6) is 11.5 Å². The first-order valence-electron chi connectivity index (χ1n) is 11.3. The molecule has 4 rings (SSSR count). The number of benzene rings is 3. The average Bonchev–Trinajstić information content (AvgIpc) is 2.90. The van der Waals surface area contributed by atoms with Crippen LogP contribution in [0.2, 0.25) is 0 Å². The van der Waals surface area contributed by atoms with E-state index in [1.54, 1.807) is 57.5 Å². The lowest BCUT2D eigenvalue weighted by Gasteiger charge is -2.16. The van der Waals surface area contributed by atoms with E-state index in [1.807, 2.05) is 24.3 Å². The summed E-state index contributed by atoms with van der Waals surface area (Å²) >= 11 is 0. The van der Waals surface area contributed by atoms with Gasteiger partial charge in [0.05, 0.1) is 19.9 Å². The summed E-state index contributed by atoms with van der Waals surface area (Å²) in [6.07, 6.45) is 0. The maximum Gasteiger partial charge on any atom is 0.246 e. The fraction of sp³-hybridized carbons (Fsp3) is 0.154. The van der Waals surface area contributed by atoms with Crippen molar-refractivity contribution in [1.82, 2.24) is 15.0 Å². The van der Waals surface area contributed by atoms with E-state index in [0.717, 1.165) is 11.4 Å². The Hall–Kier alpha value is -4.93. The van der Waals surface area contributed by atoms with Crippen LogP contribution in [0.1, 0.15) is 6.92 Å². The number of halogens is 1. The number of ether oxygens (including phenoxy) is 2. The lowest BCUT2D eigenvalue weighted by Crippen LogP contribution is -2.33. The number of nitrogens with zero attached hydrogens (tertiary/aromatic N) is 3. The number of rotatable bonds is 10. The zero-order chi connectivity index (χ0) is 26.2. The van der Waals surface area contributed by atoms with Gasteiger partial charge in [0.15, 0.2) is 0 Å². The SMILES string of the molecule is COc1ccc(Nc2nc(Nc3ccc(OC)cc3)nc(N[C@@H](C)C(=O)Nc3ccccc3F)n2)cc1. The summed E-state index contributed by atoms with van der Waals surface area (Å²) in [7, 11) is 3.18. The smallest absolute Gasteiger partial charge is 0.246 e. The highest BCUT2D eigenvalue weighted by molar-refractivity contribution is 5.96. The number of hydrogen-bond donors (Lipinski definition) is 4. The monoisotopic (exact) mass is 503 g/mol. The first-order chi connectivity index (χ1) is 17.9. The van der Waals surface area contributed by atoms with E-state index in [2.05, 4.69) is 36.2 Å². The summed E-state index contributed by atoms with van der Waals surface area (Å²) < 4.78 is 24.3. The maximum atomic E-state index is 14.0. The number of methoxy groups -OCH3 is 2. The Morgan fingerprint density at radius 1 is 0.757 bits per heavy atom. The summed E-state index contributed by atoms with van der Waals surface area (Å²) in [5, 5.41) is 11.8. The second-order valence-corrected chi connectivity index (χ2v) is 7.85. The minimum atomic E-state index is -0.787. The number of carbonyl (C=O) groups excluding carboxylic acids is 1. The van der Waals surface area contributed by atoms with Crippen LogP contribution in [0.3, 0.4) is 0 Å². The van der Waals surface area contributed by atoms with E-state index in [1.165, 1.54) is 12.1 Å². The molecule has 190 valence electrons. The van der Waals surface area contributed by atoms with Crippen molar-refractivity contribution in [3.05, 3.63) is 78.6 Å². The Labute approximate surface area is 213 Å². The molecule has 11 heteroatoms. The highest BCUT2D eigenvalue weighted by Crippen LogP contribution is 2.22. The quantitative estimate of drug-likeness (QED) is 0.238. The van der Waals surface area contributed by atoms with Crippen molar-refractivity contribution in [2.24, 2.45) is 0 Å². The Morgan fingerprint density at radius 2 is 1.24 bits per heavy atom. The van der Waals surface area contributed by atoms with E-state index in [9.17, 15) is 9.18 Å². The first-order valence-corrected chi connectivity index (χ1v) is 11.3. The van der Waals surface area contributed by atoms with Gasteiger partial charge in [-0.2, -0.15) is 15.0 Å². The molecule has 1 amide bonds. The van der Waals surface area contributed by atoms with Gasteiger partial charge in [0.25, 0.3) is 0 Å². The standard InChI is InChI=1S/C26H26FN7O3/c1-16(23(35)31-22-7-5-4-6-21(22)27)28-24-32-25(29-17-8-12-19(36-2)13-9-17)34-26(33-24)30-18-10-14-20(37-3)15-11-18/h4-16H,1-3H3,(H,31,35)(H3,28,29,30,32,33,34)/t16-/m0/s1. The fourth-order valence-electron chi connectivity index (χ4n) is 3.22. The Kier molecular flexibility index (Phi) is 7.94. The Balaban J connectivity index is 1.56. The van der Waals surface area contributed by atoms with E-state index in [0.29, 0.717) is 11.5 Å². The summed E-state index contributed by atoms with van der Waals surface area (Å²) in [6, 6.07) is 19.6. The van der Waals surface area contributed by atoms with Crippen molar-refractivity contribution in [1.29, 1.82) is 0 Å². The molecule has 4 aromatic rings. The van der Waals surface area contributed by atoms with Crippen LogP contribution < -0.4 is 30.7 Å². The minimum absolute atomic E-state index is 0.0838. The van der Waals surface area contributed by atoms with Gasteiger partial charge in [0.1, 0.15) is 23.4 Å². The summed E-state index contributed by atoms with van der Waals surface area (Å²) in [5.41, 5.74) is 1.53. The van der Waals surface area contributed by atoms with Gasteiger partial charge in [0, 0.05) is 11.4 Å². The largest absolute Gasteiger partial charge is 0.497 e. The number of nitrogens with one attached hydrogen (secondary N) is 4. The van der Waals surface area contributed by atoms with Gasteiger partial charge >= 0.3 is 0 Å². The van der Waals surface area contributed by atoms with Gasteiger partial charge in [0.2, 0.25) is 23.8 Å². The molecule has 10 nitrogen and oxygen atoms in total. The molecule has 0 unspecified atom stereocenters. The van der Waals surface area contributed by atoms with Crippen molar-refractivity contribution < 1.29 is 18.7 Å². The van der Waals surface area contributed by atoms with Crippen LogP contribution in [0.25, 0.3) is 0 Å². The molecule has 0 aliphatic carbocycles. The number of carbonyl (C=O) groups is 1. The molecule has 0 aliphatic rings. The number of aromatic nitrogens is 3. The fourth-order valence-corrected chi connectivity index (χ4v) is 3.22. The van der Waals surface area contributed by atoms with Crippen molar-refractivity contribution in [3.63, 3.8) is 0 Å². The molecule has 0 saturated carbocycles.